The second-order valence-corrected chi connectivity index (χ2v) is 6.27. The lowest BCUT2D eigenvalue weighted by molar-refractivity contribution is -0.384. The Morgan fingerprint density at radius 1 is 1.26 bits per heavy atom. The van der Waals surface area contributed by atoms with Gasteiger partial charge in [0.25, 0.3) is 5.69 Å². The molecule has 2 aromatic rings. The molecule has 0 saturated carbocycles. The third-order valence-electron chi connectivity index (χ3n) is 3.84. The largest absolute Gasteiger partial charge is 0.489 e. The van der Waals surface area contributed by atoms with E-state index in [-0.39, 0.29) is 18.1 Å². The average Bonchev–Trinajstić information content (AvgIpc) is 2.91. The van der Waals surface area contributed by atoms with Crippen LogP contribution < -0.4 is 14.8 Å². The van der Waals surface area contributed by atoms with E-state index >= 15 is 0 Å². The predicted octanol–water partition coefficient (Wildman–Crippen LogP) is 3.74. The Balaban J connectivity index is 1.62. The van der Waals surface area contributed by atoms with Crippen molar-refractivity contribution in [1.82, 2.24) is 5.32 Å². The summed E-state index contributed by atoms with van der Waals surface area (Å²) in [6.45, 7) is 1.35. The van der Waals surface area contributed by atoms with E-state index < -0.39 is 4.92 Å². The number of benzene rings is 2. The summed E-state index contributed by atoms with van der Waals surface area (Å²) in [6.07, 6.45) is 3.62. The Labute approximate surface area is 160 Å². The smallest absolute Gasteiger partial charge is 0.270 e. The number of carbonyl (C=O) groups excluding carboxylic acids is 1. The molecule has 2 aromatic carbocycles. The summed E-state index contributed by atoms with van der Waals surface area (Å²) in [5.74, 6) is 0.760. The minimum absolute atomic E-state index is 0.0283. The molecular formula is C19H17ClN2O5. The molecule has 0 aromatic heterocycles. The highest BCUT2D eigenvalue weighted by molar-refractivity contribution is 6.32. The van der Waals surface area contributed by atoms with Crippen molar-refractivity contribution in [3.8, 4) is 11.5 Å². The first-order valence-electron chi connectivity index (χ1n) is 8.31. The SMILES string of the molecule is O=C(/C=C/c1cccc([N+](=O)[O-])c1)NCc1cc(Cl)c2c(c1)OCCCO2. The highest BCUT2D eigenvalue weighted by Gasteiger charge is 2.15. The van der Waals surface area contributed by atoms with Crippen LogP contribution in [-0.2, 0) is 11.3 Å². The van der Waals surface area contributed by atoms with Gasteiger partial charge in [0.1, 0.15) is 0 Å². The fourth-order valence-electron chi connectivity index (χ4n) is 2.55. The van der Waals surface area contributed by atoms with Crippen LogP contribution in [0, 0.1) is 10.1 Å². The number of nitrogens with one attached hydrogen (secondary N) is 1. The van der Waals surface area contributed by atoms with Gasteiger partial charge in [0, 0.05) is 31.2 Å². The third-order valence-corrected chi connectivity index (χ3v) is 4.12. The van der Waals surface area contributed by atoms with E-state index in [4.69, 9.17) is 21.1 Å². The van der Waals surface area contributed by atoms with E-state index in [1.54, 1.807) is 24.3 Å². The van der Waals surface area contributed by atoms with Crippen molar-refractivity contribution >= 4 is 29.3 Å². The zero-order valence-electron chi connectivity index (χ0n) is 14.3. The van der Waals surface area contributed by atoms with E-state index in [0.29, 0.717) is 35.3 Å². The molecule has 0 fully saturated rings. The topological polar surface area (TPSA) is 90.7 Å². The lowest BCUT2D eigenvalue weighted by atomic mass is 10.2. The molecule has 1 amide bonds. The third kappa shape index (κ3) is 4.98. The fourth-order valence-corrected chi connectivity index (χ4v) is 2.84. The van der Waals surface area contributed by atoms with E-state index in [2.05, 4.69) is 5.32 Å². The van der Waals surface area contributed by atoms with Crippen LogP contribution in [0.15, 0.2) is 42.5 Å². The first-order chi connectivity index (χ1) is 13.0. The summed E-state index contributed by atoms with van der Waals surface area (Å²) in [5.41, 5.74) is 1.32. The number of non-ortho nitro benzene ring substituents is 1. The highest BCUT2D eigenvalue weighted by Crippen LogP contribution is 2.37. The number of ether oxygens (including phenoxy) is 2. The molecule has 3 rings (SSSR count). The van der Waals surface area contributed by atoms with Crippen LogP contribution in [-0.4, -0.2) is 24.0 Å². The van der Waals surface area contributed by atoms with Crippen LogP contribution in [0.1, 0.15) is 17.5 Å². The molecule has 0 saturated heterocycles. The van der Waals surface area contributed by atoms with Crippen LogP contribution >= 0.6 is 11.6 Å². The van der Waals surface area contributed by atoms with Gasteiger partial charge in [-0.1, -0.05) is 23.7 Å². The zero-order chi connectivity index (χ0) is 19.2. The van der Waals surface area contributed by atoms with Gasteiger partial charge < -0.3 is 14.8 Å². The summed E-state index contributed by atoms with van der Waals surface area (Å²) < 4.78 is 11.2. The number of hydrogen-bond donors (Lipinski definition) is 1. The van der Waals surface area contributed by atoms with Gasteiger partial charge >= 0.3 is 0 Å². The van der Waals surface area contributed by atoms with Crippen LogP contribution in [0.4, 0.5) is 5.69 Å². The van der Waals surface area contributed by atoms with E-state index in [9.17, 15) is 14.9 Å². The van der Waals surface area contributed by atoms with Gasteiger partial charge in [0.2, 0.25) is 5.91 Å². The number of amides is 1. The second-order valence-electron chi connectivity index (χ2n) is 5.86. The number of carbonyl (C=O) groups is 1. The van der Waals surface area contributed by atoms with E-state index in [1.807, 2.05) is 0 Å². The summed E-state index contributed by atoms with van der Waals surface area (Å²) in [6, 6.07) is 9.55. The van der Waals surface area contributed by atoms with Gasteiger partial charge in [-0.3, -0.25) is 14.9 Å². The Morgan fingerprint density at radius 3 is 2.89 bits per heavy atom. The zero-order valence-corrected chi connectivity index (χ0v) is 15.1. The number of halogens is 1. The van der Waals surface area contributed by atoms with Crippen LogP contribution in [0.25, 0.3) is 6.08 Å². The molecule has 0 bridgehead atoms. The van der Waals surface area contributed by atoms with Crippen LogP contribution in [0.2, 0.25) is 5.02 Å². The molecule has 8 heteroatoms. The first-order valence-corrected chi connectivity index (χ1v) is 8.69. The lowest BCUT2D eigenvalue weighted by Gasteiger charge is -2.11. The van der Waals surface area contributed by atoms with Crippen molar-refractivity contribution in [2.45, 2.75) is 13.0 Å². The van der Waals surface area contributed by atoms with Crippen molar-refractivity contribution in [3.05, 3.63) is 68.7 Å². The number of fused-ring (bicyclic) bond motifs is 1. The van der Waals surface area contributed by atoms with Crippen molar-refractivity contribution in [2.24, 2.45) is 0 Å². The molecule has 0 unspecified atom stereocenters. The van der Waals surface area contributed by atoms with Crippen molar-refractivity contribution in [3.63, 3.8) is 0 Å². The Bertz CT molecular complexity index is 898. The summed E-state index contributed by atoms with van der Waals surface area (Å²) in [4.78, 5) is 22.3. The summed E-state index contributed by atoms with van der Waals surface area (Å²) in [7, 11) is 0. The Morgan fingerprint density at radius 2 is 2.07 bits per heavy atom. The molecule has 1 heterocycles. The second kappa shape index (κ2) is 8.55. The minimum atomic E-state index is -0.481. The minimum Gasteiger partial charge on any atom is -0.489 e. The number of hydrogen-bond acceptors (Lipinski definition) is 5. The molecule has 27 heavy (non-hydrogen) atoms. The first kappa shape index (κ1) is 18.7. The standard InChI is InChI=1S/C19H17ClN2O5/c20-16-10-14(11-17-19(16)27-8-2-7-26-17)12-21-18(23)6-5-13-3-1-4-15(9-13)22(24)25/h1,3-6,9-11H,2,7-8,12H2,(H,21,23)/b6-5+. The van der Waals surface area contributed by atoms with Crippen LogP contribution in [0.5, 0.6) is 11.5 Å². The molecular weight excluding hydrogens is 372 g/mol. The number of nitro groups is 1. The van der Waals surface area contributed by atoms with Gasteiger partial charge in [0.15, 0.2) is 11.5 Å². The van der Waals surface area contributed by atoms with Gasteiger partial charge in [-0.2, -0.15) is 0 Å². The normalized spacial score (nSPS) is 13.2. The van der Waals surface area contributed by atoms with Crippen molar-refractivity contribution in [2.75, 3.05) is 13.2 Å². The lowest BCUT2D eigenvalue weighted by Crippen LogP contribution is -2.20. The summed E-state index contributed by atoms with van der Waals surface area (Å²) >= 11 is 6.23. The molecule has 1 N–H and O–H groups in total. The molecule has 0 spiro atoms. The number of nitro benzene ring substituents is 1. The quantitative estimate of drug-likeness (QED) is 0.478. The molecule has 1 aliphatic heterocycles. The Kier molecular flexibility index (Phi) is 5.93. The van der Waals surface area contributed by atoms with E-state index in [1.165, 1.54) is 24.3 Å². The van der Waals surface area contributed by atoms with Crippen LogP contribution in [0.3, 0.4) is 0 Å². The molecule has 0 radical (unpaired) electrons. The molecule has 7 nitrogen and oxygen atoms in total. The molecule has 140 valence electrons. The van der Waals surface area contributed by atoms with Crippen molar-refractivity contribution < 1.29 is 19.2 Å². The monoisotopic (exact) mass is 388 g/mol. The highest BCUT2D eigenvalue weighted by atomic mass is 35.5. The van der Waals surface area contributed by atoms with Gasteiger partial charge in [-0.25, -0.2) is 0 Å². The molecule has 0 atom stereocenters. The van der Waals surface area contributed by atoms with Gasteiger partial charge in [-0.15, -0.1) is 0 Å². The van der Waals surface area contributed by atoms with Gasteiger partial charge in [-0.05, 0) is 29.3 Å². The van der Waals surface area contributed by atoms with Gasteiger partial charge in [0.05, 0.1) is 23.2 Å². The Hall–Kier alpha value is -3.06. The number of rotatable bonds is 5. The maximum Gasteiger partial charge on any atom is 0.270 e. The van der Waals surface area contributed by atoms with E-state index in [0.717, 1.165) is 12.0 Å². The predicted molar refractivity (Wildman–Crippen MR) is 101 cm³/mol. The number of nitrogens with zero attached hydrogens (tertiary/aromatic N) is 1. The maximum atomic E-state index is 12.0. The maximum absolute atomic E-state index is 12.0. The van der Waals surface area contributed by atoms with Crippen molar-refractivity contribution in [1.29, 1.82) is 0 Å². The fraction of sp³-hybridized carbons (Fsp3) is 0.211. The summed E-state index contributed by atoms with van der Waals surface area (Å²) in [5, 5.41) is 14.0. The molecule has 0 aliphatic carbocycles. The average molecular weight is 389 g/mol. The molecule has 1 aliphatic rings.